The zero-order valence-electron chi connectivity index (χ0n) is 12.4. The van der Waals surface area contributed by atoms with E-state index >= 15 is 0 Å². The second-order valence-electron chi connectivity index (χ2n) is 6.31. The van der Waals surface area contributed by atoms with Crippen molar-refractivity contribution in [3.63, 3.8) is 0 Å². The third kappa shape index (κ3) is 3.81. The molecule has 0 atom stereocenters. The summed E-state index contributed by atoms with van der Waals surface area (Å²) in [6, 6.07) is 8.60. The van der Waals surface area contributed by atoms with Gasteiger partial charge in [0.15, 0.2) is 0 Å². The molecule has 3 rings (SSSR count). The van der Waals surface area contributed by atoms with Gasteiger partial charge in [-0.1, -0.05) is 24.3 Å². The van der Waals surface area contributed by atoms with E-state index in [2.05, 4.69) is 34.1 Å². The molecule has 1 saturated heterocycles. The van der Waals surface area contributed by atoms with Crippen LogP contribution in [0.1, 0.15) is 24.0 Å². The maximum absolute atomic E-state index is 5.81. The molecular weight excluding hydrogens is 246 g/mol. The van der Waals surface area contributed by atoms with E-state index in [1.165, 1.54) is 63.2 Å². The van der Waals surface area contributed by atoms with E-state index in [1.54, 1.807) is 0 Å². The standard InChI is InChI=1S/C17H27N3/c18-13-17-4-2-1-3-16(17)7-8-19-9-11-20(12-10-19)14-15-5-6-15/h1-4,15H,5-14,18H2. The number of nitrogens with zero attached hydrogens (tertiary/aromatic N) is 2. The third-order valence-electron chi connectivity index (χ3n) is 4.71. The topological polar surface area (TPSA) is 32.5 Å². The quantitative estimate of drug-likeness (QED) is 0.856. The molecule has 0 amide bonds. The van der Waals surface area contributed by atoms with Crippen LogP contribution in [-0.4, -0.2) is 49.1 Å². The highest BCUT2D eigenvalue weighted by atomic mass is 15.3. The van der Waals surface area contributed by atoms with Crippen molar-refractivity contribution in [1.82, 2.24) is 9.80 Å². The smallest absolute Gasteiger partial charge is 0.0180 e. The predicted octanol–water partition coefficient (Wildman–Crippen LogP) is 1.72. The van der Waals surface area contributed by atoms with Crippen LogP contribution in [0.15, 0.2) is 24.3 Å². The van der Waals surface area contributed by atoms with E-state index in [4.69, 9.17) is 5.73 Å². The van der Waals surface area contributed by atoms with E-state index < -0.39 is 0 Å². The maximum Gasteiger partial charge on any atom is 0.0180 e. The van der Waals surface area contributed by atoms with Gasteiger partial charge >= 0.3 is 0 Å². The SMILES string of the molecule is NCc1ccccc1CCN1CCN(CC2CC2)CC1. The number of benzene rings is 1. The van der Waals surface area contributed by atoms with Crippen LogP contribution in [0.2, 0.25) is 0 Å². The average molecular weight is 273 g/mol. The Bertz CT molecular complexity index is 420. The summed E-state index contributed by atoms with van der Waals surface area (Å²) in [5.74, 6) is 1.03. The van der Waals surface area contributed by atoms with Crippen LogP contribution in [0.4, 0.5) is 0 Å². The van der Waals surface area contributed by atoms with Crippen LogP contribution >= 0.6 is 0 Å². The fourth-order valence-corrected chi connectivity index (χ4v) is 3.14. The van der Waals surface area contributed by atoms with Crippen LogP contribution in [0.5, 0.6) is 0 Å². The Hall–Kier alpha value is -0.900. The van der Waals surface area contributed by atoms with Crippen molar-refractivity contribution in [2.24, 2.45) is 11.7 Å². The zero-order valence-corrected chi connectivity index (χ0v) is 12.4. The molecule has 20 heavy (non-hydrogen) atoms. The molecule has 0 bridgehead atoms. The van der Waals surface area contributed by atoms with Gasteiger partial charge < -0.3 is 15.5 Å². The van der Waals surface area contributed by atoms with Crippen LogP contribution in [0, 0.1) is 5.92 Å². The Labute approximate surface area is 122 Å². The molecule has 3 heteroatoms. The Morgan fingerprint density at radius 1 is 0.950 bits per heavy atom. The van der Waals surface area contributed by atoms with E-state index in [1.807, 2.05) is 0 Å². The highest BCUT2D eigenvalue weighted by Gasteiger charge is 2.26. The molecule has 1 aromatic rings. The number of piperazine rings is 1. The third-order valence-corrected chi connectivity index (χ3v) is 4.71. The van der Waals surface area contributed by atoms with E-state index in [-0.39, 0.29) is 0 Å². The Kier molecular flexibility index (Phi) is 4.71. The highest BCUT2D eigenvalue weighted by Crippen LogP contribution is 2.29. The van der Waals surface area contributed by atoms with Crippen LogP contribution in [0.25, 0.3) is 0 Å². The van der Waals surface area contributed by atoms with Gasteiger partial charge in [0.05, 0.1) is 0 Å². The highest BCUT2D eigenvalue weighted by molar-refractivity contribution is 5.27. The summed E-state index contributed by atoms with van der Waals surface area (Å²) in [4.78, 5) is 5.26. The average Bonchev–Trinajstić information content (AvgIpc) is 3.31. The van der Waals surface area contributed by atoms with Gasteiger partial charge in [0.1, 0.15) is 0 Å². The molecule has 2 fully saturated rings. The van der Waals surface area contributed by atoms with E-state index in [0.29, 0.717) is 6.54 Å². The van der Waals surface area contributed by atoms with Gasteiger partial charge in [-0.3, -0.25) is 0 Å². The zero-order chi connectivity index (χ0) is 13.8. The Morgan fingerprint density at radius 2 is 1.60 bits per heavy atom. The van der Waals surface area contributed by atoms with Gasteiger partial charge in [-0.2, -0.15) is 0 Å². The van der Waals surface area contributed by atoms with Gasteiger partial charge in [-0.25, -0.2) is 0 Å². The van der Waals surface area contributed by atoms with Crippen molar-refractivity contribution >= 4 is 0 Å². The molecule has 0 aromatic heterocycles. The largest absolute Gasteiger partial charge is 0.326 e. The minimum Gasteiger partial charge on any atom is -0.326 e. The summed E-state index contributed by atoms with van der Waals surface area (Å²) in [6.07, 6.45) is 4.07. The minimum atomic E-state index is 0.658. The molecule has 110 valence electrons. The molecule has 2 aliphatic rings. The first-order valence-corrected chi connectivity index (χ1v) is 8.06. The molecule has 0 radical (unpaired) electrons. The summed E-state index contributed by atoms with van der Waals surface area (Å²) < 4.78 is 0. The maximum atomic E-state index is 5.81. The number of rotatable bonds is 6. The van der Waals surface area contributed by atoms with Gasteiger partial charge in [-0.05, 0) is 36.3 Å². The molecule has 0 spiro atoms. The lowest BCUT2D eigenvalue weighted by Crippen LogP contribution is -2.47. The summed E-state index contributed by atoms with van der Waals surface area (Å²) in [7, 11) is 0. The van der Waals surface area contributed by atoms with Crippen molar-refractivity contribution in [3.05, 3.63) is 35.4 Å². The van der Waals surface area contributed by atoms with Gasteiger partial charge in [0, 0.05) is 45.8 Å². The molecule has 1 aliphatic carbocycles. The lowest BCUT2D eigenvalue weighted by Gasteiger charge is -2.34. The van der Waals surface area contributed by atoms with Crippen molar-refractivity contribution < 1.29 is 0 Å². The van der Waals surface area contributed by atoms with Crippen LogP contribution in [-0.2, 0) is 13.0 Å². The van der Waals surface area contributed by atoms with Gasteiger partial charge in [-0.15, -0.1) is 0 Å². The molecular formula is C17H27N3. The van der Waals surface area contributed by atoms with Crippen molar-refractivity contribution in [3.8, 4) is 0 Å². The van der Waals surface area contributed by atoms with Gasteiger partial charge in [0.2, 0.25) is 0 Å². The fourth-order valence-electron chi connectivity index (χ4n) is 3.14. The molecule has 2 N–H and O–H groups in total. The number of hydrogen-bond acceptors (Lipinski definition) is 3. The fraction of sp³-hybridized carbons (Fsp3) is 0.647. The molecule has 1 saturated carbocycles. The minimum absolute atomic E-state index is 0.658. The molecule has 0 unspecified atom stereocenters. The predicted molar refractivity (Wildman–Crippen MR) is 83.6 cm³/mol. The second kappa shape index (κ2) is 6.70. The van der Waals surface area contributed by atoms with Gasteiger partial charge in [0.25, 0.3) is 0 Å². The summed E-state index contributed by atoms with van der Waals surface area (Å²) in [5.41, 5.74) is 8.54. The first-order valence-electron chi connectivity index (χ1n) is 8.06. The van der Waals surface area contributed by atoms with Crippen molar-refractivity contribution in [2.45, 2.75) is 25.8 Å². The monoisotopic (exact) mass is 273 g/mol. The van der Waals surface area contributed by atoms with E-state index in [0.717, 1.165) is 12.3 Å². The molecule has 1 aromatic carbocycles. The van der Waals surface area contributed by atoms with Crippen molar-refractivity contribution in [1.29, 1.82) is 0 Å². The number of nitrogens with two attached hydrogens (primary N) is 1. The molecule has 3 nitrogen and oxygen atoms in total. The lowest BCUT2D eigenvalue weighted by atomic mass is 10.0. The molecule has 1 heterocycles. The first kappa shape index (κ1) is 14.1. The first-order chi connectivity index (χ1) is 9.85. The summed E-state index contributed by atoms with van der Waals surface area (Å²) in [5, 5.41) is 0. The van der Waals surface area contributed by atoms with Crippen LogP contribution < -0.4 is 5.73 Å². The Balaban J connectivity index is 1.42. The normalized spacial score (nSPS) is 21.2. The van der Waals surface area contributed by atoms with E-state index in [9.17, 15) is 0 Å². The lowest BCUT2D eigenvalue weighted by molar-refractivity contribution is 0.129. The van der Waals surface area contributed by atoms with Crippen LogP contribution in [0.3, 0.4) is 0 Å². The second-order valence-corrected chi connectivity index (χ2v) is 6.31. The Morgan fingerprint density at radius 3 is 2.25 bits per heavy atom. The molecule has 1 aliphatic heterocycles. The summed E-state index contributed by atoms with van der Waals surface area (Å²) in [6.45, 7) is 8.17. The number of hydrogen-bond donors (Lipinski definition) is 1. The van der Waals surface area contributed by atoms with Crippen molar-refractivity contribution in [2.75, 3.05) is 39.3 Å². The summed E-state index contributed by atoms with van der Waals surface area (Å²) >= 11 is 0.